The average Bonchev–Trinajstić information content (AvgIpc) is 2.47. The highest BCUT2D eigenvalue weighted by atomic mass is 19.1. The molecule has 1 saturated heterocycles. The van der Waals surface area contributed by atoms with Gasteiger partial charge in [-0.25, -0.2) is 4.39 Å². The Kier molecular flexibility index (Phi) is 4.74. The van der Waals surface area contributed by atoms with Crippen molar-refractivity contribution in [3.63, 3.8) is 0 Å². The van der Waals surface area contributed by atoms with E-state index < -0.39 is 0 Å². The van der Waals surface area contributed by atoms with E-state index in [2.05, 4.69) is 11.5 Å². The largest absolute Gasteiger partial charge is 0.494 e. The number of piperazine rings is 1. The number of nitrogens with zero attached hydrogens (tertiary/aromatic N) is 2. The Bertz CT molecular complexity index is 497. The van der Waals surface area contributed by atoms with Gasteiger partial charge in [0.15, 0.2) is 11.6 Å². The lowest BCUT2D eigenvalue weighted by atomic mass is 10.2. The second kappa shape index (κ2) is 6.52. The first-order valence-electron chi connectivity index (χ1n) is 6.60. The van der Waals surface area contributed by atoms with Gasteiger partial charge in [0.1, 0.15) is 0 Å². The number of carbonyl (C=O) groups is 1. The van der Waals surface area contributed by atoms with Crippen LogP contribution < -0.4 is 4.74 Å². The first-order valence-corrected chi connectivity index (χ1v) is 6.60. The van der Waals surface area contributed by atoms with Crippen molar-refractivity contribution in [3.8, 4) is 5.75 Å². The molecule has 1 aromatic carbocycles. The minimum atomic E-state index is -0.342. The molecule has 0 aromatic heterocycles. The minimum Gasteiger partial charge on any atom is -0.494 e. The maximum atomic E-state index is 13.6. The normalized spacial score (nSPS) is 16.0. The van der Waals surface area contributed by atoms with Gasteiger partial charge in [0, 0.05) is 32.7 Å². The highest BCUT2D eigenvalue weighted by Crippen LogP contribution is 2.19. The van der Waals surface area contributed by atoms with E-state index in [1.54, 1.807) is 11.0 Å². The summed E-state index contributed by atoms with van der Waals surface area (Å²) in [5.74, 6) is -0.110. The average molecular weight is 278 g/mol. The number of carbonyl (C=O) groups excluding carboxylic acids is 1. The molecule has 0 unspecified atom stereocenters. The summed E-state index contributed by atoms with van der Waals surface area (Å²) in [5.41, 5.74) is 0.909. The molecule has 20 heavy (non-hydrogen) atoms. The van der Waals surface area contributed by atoms with Crippen LogP contribution in [-0.4, -0.2) is 49.0 Å². The summed E-state index contributed by atoms with van der Waals surface area (Å²) in [4.78, 5) is 15.5. The van der Waals surface area contributed by atoms with Gasteiger partial charge in [-0.05, 0) is 23.8 Å². The zero-order valence-electron chi connectivity index (χ0n) is 11.6. The summed E-state index contributed by atoms with van der Waals surface area (Å²) in [6.45, 7) is 7.11. The van der Waals surface area contributed by atoms with Crippen LogP contribution in [0.2, 0.25) is 0 Å². The van der Waals surface area contributed by atoms with Crippen molar-refractivity contribution in [3.05, 3.63) is 42.2 Å². The molecule has 1 aliphatic heterocycles. The van der Waals surface area contributed by atoms with E-state index >= 15 is 0 Å². The second-order valence-corrected chi connectivity index (χ2v) is 4.77. The van der Waals surface area contributed by atoms with Crippen molar-refractivity contribution in [1.82, 2.24) is 9.80 Å². The molecule has 5 heteroatoms. The lowest BCUT2D eigenvalue weighted by Gasteiger charge is -2.34. The number of hydrogen-bond acceptors (Lipinski definition) is 3. The Labute approximate surface area is 118 Å². The van der Waals surface area contributed by atoms with Crippen molar-refractivity contribution >= 4 is 5.91 Å². The third-order valence-electron chi connectivity index (χ3n) is 3.48. The third kappa shape index (κ3) is 3.36. The molecule has 0 aliphatic carbocycles. The third-order valence-corrected chi connectivity index (χ3v) is 3.48. The molecule has 1 aromatic rings. The highest BCUT2D eigenvalue weighted by molar-refractivity contribution is 5.87. The summed E-state index contributed by atoms with van der Waals surface area (Å²) >= 11 is 0. The molecule has 0 saturated carbocycles. The zero-order chi connectivity index (χ0) is 14.5. The van der Waals surface area contributed by atoms with Crippen molar-refractivity contribution in [2.24, 2.45) is 0 Å². The monoisotopic (exact) mass is 278 g/mol. The van der Waals surface area contributed by atoms with Gasteiger partial charge in [-0.2, -0.15) is 0 Å². The lowest BCUT2D eigenvalue weighted by molar-refractivity contribution is -0.127. The van der Waals surface area contributed by atoms with Gasteiger partial charge in [0.2, 0.25) is 5.91 Å². The van der Waals surface area contributed by atoms with Crippen LogP contribution in [0.15, 0.2) is 30.9 Å². The van der Waals surface area contributed by atoms with E-state index in [4.69, 9.17) is 4.74 Å². The van der Waals surface area contributed by atoms with Gasteiger partial charge in [-0.3, -0.25) is 9.69 Å². The van der Waals surface area contributed by atoms with Gasteiger partial charge < -0.3 is 9.64 Å². The van der Waals surface area contributed by atoms with Crippen LogP contribution in [0.4, 0.5) is 4.39 Å². The molecule has 2 rings (SSSR count). The SMILES string of the molecule is C=CC(=O)N1CCN(Cc2ccc(OC)c(F)c2)CC1. The zero-order valence-corrected chi connectivity index (χ0v) is 11.6. The van der Waals surface area contributed by atoms with Gasteiger partial charge in [-0.15, -0.1) is 0 Å². The smallest absolute Gasteiger partial charge is 0.246 e. The van der Waals surface area contributed by atoms with E-state index in [0.29, 0.717) is 19.6 Å². The molecule has 1 aliphatic rings. The molecule has 1 amide bonds. The fourth-order valence-corrected chi connectivity index (χ4v) is 2.32. The van der Waals surface area contributed by atoms with Crippen molar-refractivity contribution in [2.45, 2.75) is 6.54 Å². The summed E-state index contributed by atoms with van der Waals surface area (Å²) in [5, 5.41) is 0. The van der Waals surface area contributed by atoms with Crippen molar-refractivity contribution < 1.29 is 13.9 Å². The van der Waals surface area contributed by atoms with E-state index in [1.165, 1.54) is 19.3 Å². The molecule has 108 valence electrons. The van der Waals surface area contributed by atoms with Crippen LogP contribution >= 0.6 is 0 Å². The first-order chi connectivity index (χ1) is 9.63. The predicted molar refractivity (Wildman–Crippen MR) is 75.0 cm³/mol. The topological polar surface area (TPSA) is 32.8 Å². The number of ether oxygens (including phenoxy) is 1. The molecule has 0 bridgehead atoms. The molecule has 4 nitrogen and oxygen atoms in total. The first kappa shape index (κ1) is 14.5. The molecule has 0 N–H and O–H groups in total. The van der Waals surface area contributed by atoms with E-state index in [0.717, 1.165) is 18.7 Å². The number of rotatable bonds is 4. The maximum absolute atomic E-state index is 13.6. The van der Waals surface area contributed by atoms with Crippen LogP contribution in [0.3, 0.4) is 0 Å². The minimum absolute atomic E-state index is 0.0276. The Morgan fingerprint density at radius 1 is 1.40 bits per heavy atom. The van der Waals surface area contributed by atoms with Gasteiger partial charge in [-0.1, -0.05) is 12.6 Å². The van der Waals surface area contributed by atoms with Crippen LogP contribution in [0.25, 0.3) is 0 Å². The van der Waals surface area contributed by atoms with Gasteiger partial charge >= 0.3 is 0 Å². The fraction of sp³-hybridized carbons (Fsp3) is 0.400. The number of amides is 1. The standard InChI is InChI=1S/C15H19FN2O2/c1-3-15(19)18-8-6-17(7-9-18)11-12-4-5-14(20-2)13(16)10-12/h3-5,10H,1,6-9,11H2,2H3. The number of methoxy groups -OCH3 is 1. The second-order valence-electron chi connectivity index (χ2n) is 4.77. The number of benzene rings is 1. The Hall–Kier alpha value is -1.88. The maximum Gasteiger partial charge on any atom is 0.246 e. The molecule has 1 fully saturated rings. The van der Waals surface area contributed by atoms with E-state index in [-0.39, 0.29) is 17.5 Å². The molecule has 1 heterocycles. The van der Waals surface area contributed by atoms with Crippen LogP contribution in [0.1, 0.15) is 5.56 Å². The van der Waals surface area contributed by atoms with Crippen LogP contribution in [0, 0.1) is 5.82 Å². The van der Waals surface area contributed by atoms with Crippen LogP contribution in [0.5, 0.6) is 5.75 Å². The lowest BCUT2D eigenvalue weighted by Crippen LogP contribution is -2.47. The Balaban J connectivity index is 1.91. The molecule has 0 atom stereocenters. The summed E-state index contributed by atoms with van der Waals surface area (Å²) < 4.78 is 18.5. The Morgan fingerprint density at radius 2 is 2.10 bits per heavy atom. The number of halogens is 1. The van der Waals surface area contributed by atoms with Crippen LogP contribution in [-0.2, 0) is 11.3 Å². The summed E-state index contributed by atoms with van der Waals surface area (Å²) in [7, 11) is 1.45. The molecular formula is C15H19FN2O2. The Morgan fingerprint density at radius 3 is 2.65 bits per heavy atom. The molecule has 0 spiro atoms. The van der Waals surface area contributed by atoms with Gasteiger partial charge in [0.05, 0.1) is 7.11 Å². The predicted octanol–water partition coefficient (Wildman–Crippen LogP) is 1.66. The summed E-state index contributed by atoms with van der Waals surface area (Å²) in [6.07, 6.45) is 1.34. The molecular weight excluding hydrogens is 259 g/mol. The van der Waals surface area contributed by atoms with Gasteiger partial charge in [0.25, 0.3) is 0 Å². The fourth-order valence-electron chi connectivity index (χ4n) is 2.32. The quantitative estimate of drug-likeness (QED) is 0.785. The summed E-state index contributed by atoms with van der Waals surface area (Å²) in [6, 6.07) is 5.01. The number of hydrogen-bond donors (Lipinski definition) is 0. The highest BCUT2D eigenvalue weighted by Gasteiger charge is 2.19. The molecule has 0 radical (unpaired) electrons. The van der Waals surface area contributed by atoms with E-state index in [9.17, 15) is 9.18 Å². The van der Waals surface area contributed by atoms with Crippen molar-refractivity contribution in [2.75, 3.05) is 33.3 Å². The van der Waals surface area contributed by atoms with Crippen molar-refractivity contribution in [1.29, 1.82) is 0 Å². The van der Waals surface area contributed by atoms with E-state index in [1.807, 2.05) is 6.07 Å².